The van der Waals surface area contributed by atoms with Crippen LogP contribution in [0, 0.1) is 11.7 Å². The highest BCUT2D eigenvalue weighted by Gasteiger charge is 2.12. The van der Waals surface area contributed by atoms with Crippen molar-refractivity contribution in [1.82, 2.24) is 10.3 Å². The van der Waals surface area contributed by atoms with E-state index in [1.54, 1.807) is 12.3 Å². The van der Waals surface area contributed by atoms with Crippen molar-refractivity contribution >= 4 is 27.7 Å². The lowest BCUT2D eigenvalue weighted by atomic mass is 10.2. The molecular formula is C16H18BrFN2S. The lowest BCUT2D eigenvalue weighted by Crippen LogP contribution is -2.19. The minimum absolute atomic E-state index is 0.207. The first-order valence-electron chi connectivity index (χ1n) is 6.84. The highest BCUT2D eigenvalue weighted by molar-refractivity contribution is 9.10. The van der Waals surface area contributed by atoms with E-state index in [9.17, 15) is 4.39 Å². The SMILES string of the molecule is CC(C)CNCc1cccc(F)c1Sc1ncccc1Br. The van der Waals surface area contributed by atoms with Crippen LogP contribution in [0.4, 0.5) is 4.39 Å². The number of nitrogens with zero attached hydrogens (tertiary/aromatic N) is 1. The molecule has 0 fully saturated rings. The Morgan fingerprint density at radius 2 is 2.10 bits per heavy atom. The largest absolute Gasteiger partial charge is 0.312 e. The summed E-state index contributed by atoms with van der Waals surface area (Å²) >= 11 is 4.81. The minimum atomic E-state index is -0.207. The van der Waals surface area contributed by atoms with Crippen LogP contribution >= 0.6 is 27.7 Å². The summed E-state index contributed by atoms with van der Waals surface area (Å²) < 4.78 is 15.0. The standard InChI is InChI=1S/C16H18BrFN2S/c1-11(2)9-19-10-12-5-3-7-14(18)15(12)21-16-13(17)6-4-8-20-16/h3-8,11,19H,9-10H2,1-2H3. The number of hydrogen-bond donors (Lipinski definition) is 1. The Morgan fingerprint density at radius 1 is 1.29 bits per heavy atom. The molecule has 1 N–H and O–H groups in total. The van der Waals surface area contributed by atoms with Crippen LogP contribution in [0.2, 0.25) is 0 Å². The molecule has 0 spiro atoms. The van der Waals surface area contributed by atoms with Gasteiger partial charge in [0, 0.05) is 12.7 Å². The molecule has 0 atom stereocenters. The molecule has 5 heteroatoms. The number of hydrogen-bond acceptors (Lipinski definition) is 3. The van der Waals surface area contributed by atoms with Gasteiger partial charge in [0.05, 0.1) is 9.37 Å². The normalized spacial score (nSPS) is 11.1. The van der Waals surface area contributed by atoms with E-state index in [2.05, 4.69) is 40.1 Å². The van der Waals surface area contributed by atoms with Crippen LogP contribution in [0.1, 0.15) is 19.4 Å². The second-order valence-corrected chi connectivity index (χ2v) is 7.00. The molecule has 0 unspecified atom stereocenters. The van der Waals surface area contributed by atoms with Crippen molar-refractivity contribution < 1.29 is 4.39 Å². The second-order valence-electron chi connectivity index (χ2n) is 5.15. The van der Waals surface area contributed by atoms with Gasteiger partial charge in [-0.1, -0.05) is 37.7 Å². The lowest BCUT2D eigenvalue weighted by Gasteiger charge is -2.12. The molecule has 0 bridgehead atoms. The van der Waals surface area contributed by atoms with Crippen molar-refractivity contribution in [1.29, 1.82) is 0 Å². The summed E-state index contributed by atoms with van der Waals surface area (Å²) in [6, 6.07) is 8.95. The lowest BCUT2D eigenvalue weighted by molar-refractivity contribution is 0.543. The molecule has 0 aliphatic carbocycles. The third kappa shape index (κ3) is 4.80. The van der Waals surface area contributed by atoms with Gasteiger partial charge in [0.15, 0.2) is 0 Å². The summed E-state index contributed by atoms with van der Waals surface area (Å²) in [6.45, 7) is 5.87. The monoisotopic (exact) mass is 368 g/mol. The zero-order valence-corrected chi connectivity index (χ0v) is 14.5. The zero-order chi connectivity index (χ0) is 15.2. The van der Waals surface area contributed by atoms with Gasteiger partial charge < -0.3 is 5.32 Å². The van der Waals surface area contributed by atoms with Crippen LogP contribution in [0.25, 0.3) is 0 Å². The number of benzene rings is 1. The van der Waals surface area contributed by atoms with Crippen LogP contribution in [-0.2, 0) is 6.54 Å². The minimum Gasteiger partial charge on any atom is -0.312 e. The molecule has 0 saturated carbocycles. The van der Waals surface area contributed by atoms with E-state index >= 15 is 0 Å². The first-order chi connectivity index (χ1) is 10.1. The molecule has 0 amide bonds. The third-order valence-corrected chi connectivity index (χ3v) is 4.92. The highest BCUT2D eigenvalue weighted by atomic mass is 79.9. The molecule has 2 rings (SSSR count). The van der Waals surface area contributed by atoms with E-state index in [-0.39, 0.29) is 5.82 Å². The molecular weight excluding hydrogens is 351 g/mol. The topological polar surface area (TPSA) is 24.9 Å². The number of aromatic nitrogens is 1. The summed E-state index contributed by atoms with van der Waals surface area (Å²) in [5.41, 5.74) is 0.957. The summed E-state index contributed by atoms with van der Waals surface area (Å²) in [5, 5.41) is 4.13. The number of pyridine rings is 1. The second kappa shape index (κ2) is 7.92. The van der Waals surface area contributed by atoms with Crippen molar-refractivity contribution in [2.45, 2.75) is 30.3 Å². The van der Waals surface area contributed by atoms with Crippen LogP contribution < -0.4 is 5.32 Å². The van der Waals surface area contributed by atoms with E-state index in [1.165, 1.54) is 17.8 Å². The summed E-state index contributed by atoms with van der Waals surface area (Å²) in [7, 11) is 0. The van der Waals surface area contributed by atoms with Gasteiger partial charge in [0.2, 0.25) is 0 Å². The van der Waals surface area contributed by atoms with E-state index in [0.717, 1.165) is 21.6 Å². The fourth-order valence-corrected chi connectivity index (χ4v) is 3.25. The average Bonchev–Trinajstić information content (AvgIpc) is 2.44. The average molecular weight is 369 g/mol. The predicted octanol–water partition coefficient (Wildman–Crippen LogP) is 4.88. The van der Waals surface area contributed by atoms with Crippen molar-refractivity contribution in [3.63, 3.8) is 0 Å². The van der Waals surface area contributed by atoms with Gasteiger partial charge in [-0.3, -0.25) is 0 Å². The van der Waals surface area contributed by atoms with Crippen LogP contribution in [0.15, 0.2) is 50.9 Å². The summed E-state index contributed by atoms with van der Waals surface area (Å²) in [5.74, 6) is 0.362. The number of halogens is 2. The maximum absolute atomic E-state index is 14.2. The molecule has 1 aromatic carbocycles. The Morgan fingerprint density at radius 3 is 2.81 bits per heavy atom. The van der Waals surface area contributed by atoms with Gasteiger partial charge in [-0.2, -0.15) is 0 Å². The third-order valence-electron chi connectivity index (χ3n) is 2.84. The first kappa shape index (κ1) is 16.5. The molecule has 1 heterocycles. The van der Waals surface area contributed by atoms with Crippen molar-refractivity contribution in [3.05, 3.63) is 52.4 Å². The van der Waals surface area contributed by atoms with Crippen molar-refractivity contribution in [2.75, 3.05) is 6.54 Å². The molecule has 21 heavy (non-hydrogen) atoms. The Hall–Kier alpha value is -0.910. The first-order valence-corrected chi connectivity index (χ1v) is 8.45. The van der Waals surface area contributed by atoms with Crippen LogP contribution in [0.5, 0.6) is 0 Å². The smallest absolute Gasteiger partial charge is 0.137 e. The van der Waals surface area contributed by atoms with E-state index in [1.807, 2.05) is 18.2 Å². The fraction of sp³-hybridized carbons (Fsp3) is 0.312. The molecule has 2 nitrogen and oxygen atoms in total. The quantitative estimate of drug-likeness (QED) is 0.786. The van der Waals surface area contributed by atoms with Crippen molar-refractivity contribution in [2.24, 2.45) is 5.92 Å². The Labute approximate surface area is 137 Å². The molecule has 0 radical (unpaired) electrons. The Balaban J connectivity index is 2.20. The molecule has 0 aliphatic rings. The van der Waals surface area contributed by atoms with Gasteiger partial charge in [0.1, 0.15) is 10.8 Å². The molecule has 112 valence electrons. The fourth-order valence-electron chi connectivity index (χ4n) is 1.85. The summed E-state index contributed by atoms with van der Waals surface area (Å²) in [4.78, 5) is 4.93. The Kier molecular flexibility index (Phi) is 6.21. The van der Waals surface area contributed by atoms with Crippen molar-refractivity contribution in [3.8, 4) is 0 Å². The zero-order valence-electron chi connectivity index (χ0n) is 12.1. The molecule has 0 aliphatic heterocycles. The maximum Gasteiger partial charge on any atom is 0.137 e. The van der Waals surface area contributed by atoms with E-state index < -0.39 is 0 Å². The molecule has 1 aromatic heterocycles. The van der Waals surface area contributed by atoms with Gasteiger partial charge in [-0.05, 0) is 52.2 Å². The molecule has 0 saturated heterocycles. The molecule has 2 aromatic rings. The summed E-state index contributed by atoms with van der Waals surface area (Å²) in [6.07, 6.45) is 1.71. The van der Waals surface area contributed by atoms with Gasteiger partial charge >= 0.3 is 0 Å². The number of nitrogens with one attached hydrogen (secondary N) is 1. The Bertz CT molecular complexity index is 605. The van der Waals surface area contributed by atoms with E-state index in [0.29, 0.717) is 17.4 Å². The van der Waals surface area contributed by atoms with Crippen LogP contribution in [-0.4, -0.2) is 11.5 Å². The van der Waals surface area contributed by atoms with Gasteiger partial charge in [-0.15, -0.1) is 0 Å². The highest BCUT2D eigenvalue weighted by Crippen LogP contribution is 2.35. The van der Waals surface area contributed by atoms with Gasteiger partial charge in [0.25, 0.3) is 0 Å². The maximum atomic E-state index is 14.2. The van der Waals surface area contributed by atoms with Crippen LogP contribution in [0.3, 0.4) is 0 Å². The predicted molar refractivity (Wildman–Crippen MR) is 89.0 cm³/mol. The number of rotatable bonds is 6. The van der Waals surface area contributed by atoms with E-state index in [4.69, 9.17) is 0 Å². The van der Waals surface area contributed by atoms with Gasteiger partial charge in [-0.25, -0.2) is 9.37 Å².